The highest BCUT2D eigenvalue weighted by Gasteiger charge is 2.38. The number of hydrazine groups is 1. The molecule has 1 aromatic rings. The van der Waals surface area contributed by atoms with Gasteiger partial charge in [0.1, 0.15) is 0 Å². The lowest BCUT2D eigenvalue weighted by Gasteiger charge is -2.30. The van der Waals surface area contributed by atoms with Crippen LogP contribution < -0.4 is 15.8 Å². The van der Waals surface area contributed by atoms with Gasteiger partial charge in [0.25, 0.3) is 0 Å². The Balaban J connectivity index is 1.44. The lowest BCUT2D eigenvalue weighted by atomic mass is 9.92. The molecule has 3 heterocycles. The predicted molar refractivity (Wildman–Crippen MR) is 153 cm³/mol. The third-order valence-corrected chi connectivity index (χ3v) is 8.54. The van der Waals surface area contributed by atoms with Crippen molar-refractivity contribution in [1.29, 1.82) is 0 Å². The van der Waals surface area contributed by atoms with Gasteiger partial charge in [-0.05, 0) is 65.0 Å². The van der Waals surface area contributed by atoms with Crippen LogP contribution in [0.25, 0.3) is 0 Å². The maximum Gasteiger partial charge on any atom is 0.243 e. The second-order valence-electron chi connectivity index (χ2n) is 11.7. The van der Waals surface area contributed by atoms with E-state index in [9.17, 15) is 9.59 Å². The van der Waals surface area contributed by atoms with Gasteiger partial charge in [0.15, 0.2) is 17.9 Å². The van der Waals surface area contributed by atoms with Gasteiger partial charge in [0, 0.05) is 38.2 Å². The molecule has 0 aromatic carbocycles. The van der Waals surface area contributed by atoms with Crippen LogP contribution in [-0.2, 0) is 19.2 Å². The Labute approximate surface area is 246 Å². The monoisotopic (exact) mass is 598 g/mol. The molecule has 41 heavy (non-hydrogen) atoms. The zero-order valence-electron chi connectivity index (χ0n) is 24.5. The van der Waals surface area contributed by atoms with Crippen molar-refractivity contribution < 1.29 is 23.6 Å². The van der Waals surface area contributed by atoms with Crippen molar-refractivity contribution in [3.05, 3.63) is 11.1 Å². The summed E-state index contributed by atoms with van der Waals surface area (Å²) in [6.45, 7) is 1.74. The van der Waals surface area contributed by atoms with Gasteiger partial charge in [0.2, 0.25) is 23.4 Å². The van der Waals surface area contributed by atoms with E-state index in [0.29, 0.717) is 44.9 Å². The number of amides is 2. The lowest BCUT2D eigenvalue weighted by Crippen LogP contribution is -2.45. The summed E-state index contributed by atoms with van der Waals surface area (Å²) in [5, 5.41) is 1.01. The average Bonchev–Trinajstić information content (AvgIpc) is 3.63. The van der Waals surface area contributed by atoms with E-state index in [1.54, 1.807) is 0 Å². The molecule has 230 valence electrons. The smallest absolute Gasteiger partial charge is 0.243 e. The van der Waals surface area contributed by atoms with Crippen LogP contribution in [0, 0.1) is 17.7 Å². The van der Waals surface area contributed by atoms with Crippen LogP contribution in [-0.4, -0.2) is 110 Å². The van der Waals surface area contributed by atoms with E-state index in [2.05, 4.69) is 30.6 Å². The molecule has 2 aliphatic heterocycles. The summed E-state index contributed by atoms with van der Waals surface area (Å²) >= 11 is 6.21. The van der Waals surface area contributed by atoms with Gasteiger partial charge in [0.05, 0.1) is 12.5 Å². The number of aromatic nitrogens is 2. The number of carbonyl (C=O) groups is 2. The number of hydrogen-bond acceptors (Lipinski definition) is 10. The van der Waals surface area contributed by atoms with Crippen LogP contribution in [0.5, 0.6) is 0 Å². The van der Waals surface area contributed by atoms with Crippen molar-refractivity contribution in [2.24, 2.45) is 11.8 Å². The molecule has 3 fully saturated rings. The molecule has 2 N–H and O–H groups in total. The number of likely N-dealkylation sites (N-methyl/N-ethyl adjacent to an activating group) is 2. The maximum atomic E-state index is 15.7. The van der Waals surface area contributed by atoms with Crippen molar-refractivity contribution in [3.63, 3.8) is 0 Å². The molecular formula is C27H44ClFN8O4. The number of hydrogen-bond donors (Lipinski definition) is 2. The molecule has 1 aromatic heterocycles. The number of carbonyl (C=O) groups excluding carboxylic acids is 2. The van der Waals surface area contributed by atoms with Crippen molar-refractivity contribution >= 4 is 35.6 Å². The fourth-order valence-electron chi connectivity index (χ4n) is 6.07. The Bertz CT molecular complexity index is 1010. The average molecular weight is 599 g/mol. The zero-order valence-corrected chi connectivity index (χ0v) is 25.3. The van der Waals surface area contributed by atoms with Crippen LogP contribution in [0.15, 0.2) is 0 Å². The van der Waals surface area contributed by atoms with Crippen LogP contribution in [0.2, 0.25) is 5.28 Å². The minimum absolute atomic E-state index is 0.0528. The quantitative estimate of drug-likeness (QED) is 0.199. The first-order valence-electron chi connectivity index (χ1n) is 14.5. The zero-order chi connectivity index (χ0) is 29.5. The second-order valence-corrected chi connectivity index (χ2v) is 12.1. The normalized spacial score (nSPS) is 24.2. The number of nitrogens with one attached hydrogen (secondary N) is 2. The highest BCUT2D eigenvalue weighted by molar-refractivity contribution is 6.28. The Kier molecular flexibility index (Phi) is 11.4. The standard InChI is InChI=1S/C27H44ClFN8O4/c1-34(2)20-15-36(16-21(20)35(3)4)25-23(29)24(30-27(28)31-25)32-33-26(39)19(13-18-9-5-6-10-18)14-37(17-38)41-22-11-7-8-12-40-22/h17-22H,5-16H2,1-4H3,(H,33,39)(H,30,31,32)/t19-,20?,21?,22?/m1/s1. The second kappa shape index (κ2) is 14.7. The first-order chi connectivity index (χ1) is 19.7. The SMILES string of the molecule is CN(C)C1CN(c2nc(Cl)nc(NNC(=O)[C@H](CC3CCCC3)CN(C=O)OC3CCCCO3)c2F)CC1N(C)C. The van der Waals surface area contributed by atoms with Gasteiger partial charge in [-0.25, -0.2) is 9.90 Å². The molecule has 2 saturated heterocycles. The molecule has 0 radical (unpaired) electrons. The fraction of sp³-hybridized carbons (Fsp3) is 0.778. The highest BCUT2D eigenvalue weighted by atomic mass is 35.5. The first kappa shape index (κ1) is 31.6. The minimum Gasteiger partial charge on any atom is -0.351 e. The Morgan fingerprint density at radius 2 is 1.78 bits per heavy atom. The number of anilines is 2. The Morgan fingerprint density at radius 1 is 1.12 bits per heavy atom. The van der Waals surface area contributed by atoms with E-state index >= 15 is 4.39 Å². The molecule has 3 unspecified atom stereocenters. The van der Waals surface area contributed by atoms with E-state index in [0.717, 1.165) is 43.6 Å². The van der Waals surface area contributed by atoms with Crippen molar-refractivity contribution in [3.8, 4) is 0 Å². The van der Waals surface area contributed by atoms with Gasteiger partial charge < -0.3 is 19.4 Å². The number of ether oxygens (including phenoxy) is 1. The van der Waals surface area contributed by atoms with E-state index in [1.165, 1.54) is 0 Å². The molecule has 0 spiro atoms. The van der Waals surface area contributed by atoms with Gasteiger partial charge >= 0.3 is 0 Å². The molecule has 2 amide bonds. The third kappa shape index (κ3) is 8.38. The Hall–Kier alpha value is -2.32. The van der Waals surface area contributed by atoms with Gasteiger partial charge in [-0.1, -0.05) is 25.7 Å². The molecule has 4 atom stereocenters. The fourth-order valence-corrected chi connectivity index (χ4v) is 6.23. The molecule has 0 bridgehead atoms. The van der Waals surface area contributed by atoms with Crippen molar-refractivity contribution in [1.82, 2.24) is 30.3 Å². The first-order valence-corrected chi connectivity index (χ1v) is 14.9. The molecule has 1 saturated carbocycles. The summed E-state index contributed by atoms with van der Waals surface area (Å²) < 4.78 is 21.3. The number of hydroxylamine groups is 2. The molecule has 14 heteroatoms. The number of nitrogens with zero attached hydrogens (tertiary/aromatic N) is 6. The topological polar surface area (TPSA) is 115 Å². The summed E-state index contributed by atoms with van der Waals surface area (Å²) in [6.07, 6.45) is 7.53. The molecule has 1 aliphatic carbocycles. The van der Waals surface area contributed by atoms with E-state index < -0.39 is 23.9 Å². The number of halogens is 2. The number of rotatable bonds is 13. The van der Waals surface area contributed by atoms with Crippen molar-refractivity contribution in [2.75, 3.05) is 64.8 Å². The van der Waals surface area contributed by atoms with Crippen LogP contribution in [0.4, 0.5) is 16.0 Å². The van der Waals surface area contributed by atoms with Crippen LogP contribution >= 0.6 is 11.6 Å². The lowest BCUT2D eigenvalue weighted by molar-refractivity contribution is -0.276. The van der Waals surface area contributed by atoms with Crippen LogP contribution in [0.3, 0.4) is 0 Å². The summed E-state index contributed by atoms with van der Waals surface area (Å²) in [4.78, 5) is 45.2. The van der Waals surface area contributed by atoms with E-state index in [4.69, 9.17) is 21.2 Å². The third-order valence-electron chi connectivity index (χ3n) is 8.37. The maximum absolute atomic E-state index is 15.7. The molecule has 12 nitrogen and oxygen atoms in total. The highest BCUT2D eigenvalue weighted by Crippen LogP contribution is 2.32. The van der Waals surface area contributed by atoms with Gasteiger partial charge in [-0.3, -0.25) is 20.4 Å². The summed E-state index contributed by atoms with van der Waals surface area (Å²) in [6, 6.07) is 0.320. The Morgan fingerprint density at radius 3 is 2.37 bits per heavy atom. The molecule has 3 aliphatic rings. The van der Waals surface area contributed by atoms with E-state index in [-0.39, 0.29) is 35.5 Å². The summed E-state index contributed by atoms with van der Waals surface area (Å²) in [5.41, 5.74) is 5.24. The minimum atomic E-state index is -0.703. The summed E-state index contributed by atoms with van der Waals surface area (Å²) in [7, 11) is 7.99. The predicted octanol–water partition coefficient (Wildman–Crippen LogP) is 2.51. The van der Waals surface area contributed by atoms with Crippen LogP contribution in [0.1, 0.15) is 51.4 Å². The van der Waals surface area contributed by atoms with Crippen molar-refractivity contribution in [2.45, 2.75) is 69.7 Å². The summed E-state index contributed by atoms with van der Waals surface area (Å²) in [5.74, 6) is -1.46. The molecular weight excluding hydrogens is 555 g/mol. The van der Waals surface area contributed by atoms with Gasteiger partial charge in [-0.2, -0.15) is 14.4 Å². The largest absolute Gasteiger partial charge is 0.351 e. The van der Waals surface area contributed by atoms with E-state index in [1.807, 2.05) is 33.1 Å². The molecule has 4 rings (SSSR count). The van der Waals surface area contributed by atoms with Gasteiger partial charge in [-0.15, -0.1) is 0 Å².